The van der Waals surface area contributed by atoms with Gasteiger partial charge in [0.25, 0.3) is 5.56 Å². The topological polar surface area (TPSA) is 45.8 Å². The van der Waals surface area contributed by atoms with Crippen LogP contribution in [0, 0.1) is 0 Å². The summed E-state index contributed by atoms with van der Waals surface area (Å²) in [5.74, 6) is 0.825. The maximum atomic E-state index is 11.9. The third kappa shape index (κ3) is 1.48. The van der Waals surface area contributed by atoms with Crippen molar-refractivity contribution in [2.45, 2.75) is 31.6 Å². The molecule has 84 valence electrons. The highest BCUT2D eigenvalue weighted by Crippen LogP contribution is 2.33. The van der Waals surface area contributed by atoms with Crippen LogP contribution in [0.25, 0.3) is 10.2 Å². The van der Waals surface area contributed by atoms with Crippen LogP contribution in [-0.2, 0) is 18.7 Å². The van der Waals surface area contributed by atoms with Crippen molar-refractivity contribution in [2.24, 2.45) is 0 Å². The molecule has 0 atom stereocenters. The fraction of sp³-hybridized carbons (Fsp3) is 0.455. The first kappa shape index (κ1) is 10.3. The zero-order valence-electron chi connectivity index (χ0n) is 8.68. The Balaban J connectivity index is 2.34. The second-order valence-corrected chi connectivity index (χ2v) is 5.39. The molecule has 3 nitrogen and oxygen atoms in total. The monoisotopic (exact) mass is 254 g/mol. The van der Waals surface area contributed by atoms with Gasteiger partial charge in [-0.2, -0.15) is 0 Å². The van der Waals surface area contributed by atoms with Gasteiger partial charge in [-0.25, -0.2) is 4.98 Å². The first-order chi connectivity index (χ1) is 7.79. The van der Waals surface area contributed by atoms with Crippen LogP contribution in [0.2, 0.25) is 0 Å². The molecule has 0 aromatic carbocycles. The van der Waals surface area contributed by atoms with E-state index < -0.39 is 0 Å². The summed E-state index contributed by atoms with van der Waals surface area (Å²) in [6.07, 6.45) is 4.50. The Morgan fingerprint density at radius 2 is 2.19 bits per heavy atom. The number of nitrogens with zero attached hydrogens (tertiary/aromatic N) is 1. The average Bonchev–Trinajstić information content (AvgIpc) is 2.67. The Bertz CT molecular complexity index is 602. The van der Waals surface area contributed by atoms with Gasteiger partial charge in [-0.05, 0) is 31.2 Å². The lowest BCUT2D eigenvalue weighted by atomic mass is 9.97. The van der Waals surface area contributed by atoms with E-state index in [1.807, 2.05) is 0 Å². The van der Waals surface area contributed by atoms with Gasteiger partial charge in [-0.15, -0.1) is 22.9 Å². The molecule has 5 heteroatoms. The molecule has 2 heterocycles. The number of aromatic nitrogens is 2. The van der Waals surface area contributed by atoms with Crippen LogP contribution >= 0.6 is 22.9 Å². The van der Waals surface area contributed by atoms with E-state index in [0.29, 0.717) is 5.82 Å². The summed E-state index contributed by atoms with van der Waals surface area (Å²) in [7, 11) is 0. The quantitative estimate of drug-likeness (QED) is 0.795. The Morgan fingerprint density at radius 1 is 1.38 bits per heavy atom. The van der Waals surface area contributed by atoms with Crippen LogP contribution in [0.15, 0.2) is 4.79 Å². The molecule has 0 radical (unpaired) electrons. The summed E-state index contributed by atoms with van der Waals surface area (Å²) in [5, 5.41) is 0.800. The number of aryl methyl sites for hydroxylation is 2. The van der Waals surface area contributed by atoms with Gasteiger partial charge in [0.15, 0.2) is 0 Å². The van der Waals surface area contributed by atoms with E-state index in [1.54, 1.807) is 11.3 Å². The molecule has 2 aromatic heterocycles. The summed E-state index contributed by atoms with van der Waals surface area (Å²) in [5.41, 5.74) is 1.20. The lowest BCUT2D eigenvalue weighted by molar-refractivity contribution is 0.700. The molecule has 0 amide bonds. The van der Waals surface area contributed by atoms with Gasteiger partial charge in [0.2, 0.25) is 0 Å². The molecule has 0 spiro atoms. The predicted molar refractivity (Wildman–Crippen MR) is 66.4 cm³/mol. The maximum absolute atomic E-state index is 11.9. The second kappa shape index (κ2) is 3.86. The fourth-order valence-electron chi connectivity index (χ4n) is 2.27. The lowest BCUT2D eigenvalue weighted by Crippen LogP contribution is -2.12. The van der Waals surface area contributed by atoms with Crippen molar-refractivity contribution in [2.75, 3.05) is 0 Å². The minimum atomic E-state index is -0.0277. The molecule has 0 saturated heterocycles. The third-order valence-corrected chi connectivity index (χ3v) is 4.44. The molecule has 1 N–H and O–H groups in total. The van der Waals surface area contributed by atoms with Gasteiger partial charge in [0, 0.05) is 4.88 Å². The molecule has 16 heavy (non-hydrogen) atoms. The van der Waals surface area contributed by atoms with Crippen LogP contribution in [0.3, 0.4) is 0 Å². The third-order valence-electron chi connectivity index (χ3n) is 3.00. The molecule has 3 rings (SSSR count). The molecular weight excluding hydrogens is 244 g/mol. The number of nitrogens with one attached hydrogen (secondary N) is 1. The molecule has 1 aliphatic carbocycles. The van der Waals surface area contributed by atoms with E-state index in [1.165, 1.54) is 23.3 Å². The number of aromatic amines is 1. The molecule has 1 aliphatic rings. The van der Waals surface area contributed by atoms with Gasteiger partial charge >= 0.3 is 0 Å². The zero-order valence-corrected chi connectivity index (χ0v) is 10.2. The number of alkyl halides is 1. The number of halogens is 1. The van der Waals surface area contributed by atoms with Gasteiger partial charge in [0.05, 0.1) is 11.3 Å². The number of thiophene rings is 1. The molecular formula is C11H11ClN2OS. The summed E-state index contributed by atoms with van der Waals surface area (Å²) >= 11 is 7.35. The predicted octanol–water partition coefficient (Wildman–Crippen LogP) is 2.60. The van der Waals surface area contributed by atoms with Crippen LogP contribution in [0.5, 0.6) is 0 Å². The van der Waals surface area contributed by atoms with Gasteiger partial charge in [-0.3, -0.25) is 4.79 Å². The molecule has 0 bridgehead atoms. The standard InChI is InChI=1S/C11H11ClN2OS/c12-5-8-13-10(15)9-6-3-1-2-4-7(6)16-11(9)14-8/h1-5H2,(H,13,14,15). The Hall–Kier alpha value is -0.870. The largest absolute Gasteiger partial charge is 0.309 e. The van der Waals surface area contributed by atoms with Crippen LogP contribution < -0.4 is 5.56 Å². The fourth-order valence-corrected chi connectivity index (χ4v) is 3.68. The molecule has 0 fully saturated rings. The van der Waals surface area contributed by atoms with Crippen molar-refractivity contribution in [1.29, 1.82) is 0 Å². The summed E-state index contributed by atoms with van der Waals surface area (Å²) in [6, 6.07) is 0. The summed E-state index contributed by atoms with van der Waals surface area (Å²) < 4.78 is 0. The molecule has 0 unspecified atom stereocenters. The van der Waals surface area contributed by atoms with Gasteiger partial charge in [0.1, 0.15) is 10.7 Å². The van der Waals surface area contributed by atoms with Crippen molar-refractivity contribution < 1.29 is 0 Å². The zero-order chi connectivity index (χ0) is 11.1. The molecule has 0 aliphatic heterocycles. The van der Waals surface area contributed by atoms with E-state index in [4.69, 9.17) is 11.6 Å². The normalized spacial score (nSPS) is 15.3. The van der Waals surface area contributed by atoms with E-state index in [9.17, 15) is 4.79 Å². The lowest BCUT2D eigenvalue weighted by Gasteiger charge is -2.09. The van der Waals surface area contributed by atoms with Crippen LogP contribution in [0.1, 0.15) is 29.1 Å². The molecule has 0 saturated carbocycles. The Morgan fingerprint density at radius 3 is 3.00 bits per heavy atom. The maximum Gasteiger partial charge on any atom is 0.259 e. The van der Waals surface area contributed by atoms with Crippen molar-refractivity contribution in [3.63, 3.8) is 0 Å². The van der Waals surface area contributed by atoms with E-state index in [-0.39, 0.29) is 11.4 Å². The molecule has 2 aromatic rings. The second-order valence-electron chi connectivity index (χ2n) is 4.04. The highest BCUT2D eigenvalue weighted by molar-refractivity contribution is 7.18. The number of H-pyrrole nitrogens is 1. The van der Waals surface area contributed by atoms with Crippen molar-refractivity contribution in [3.05, 3.63) is 26.6 Å². The van der Waals surface area contributed by atoms with Crippen molar-refractivity contribution in [3.8, 4) is 0 Å². The Labute approximate surface area is 101 Å². The highest BCUT2D eigenvalue weighted by Gasteiger charge is 2.19. The highest BCUT2D eigenvalue weighted by atomic mass is 35.5. The van der Waals surface area contributed by atoms with E-state index in [0.717, 1.165) is 23.1 Å². The van der Waals surface area contributed by atoms with E-state index >= 15 is 0 Å². The minimum absolute atomic E-state index is 0.0277. The Kier molecular flexibility index (Phi) is 2.48. The van der Waals surface area contributed by atoms with Crippen molar-refractivity contribution >= 4 is 33.2 Å². The van der Waals surface area contributed by atoms with Crippen LogP contribution in [-0.4, -0.2) is 9.97 Å². The number of hydrogen-bond donors (Lipinski definition) is 1. The average molecular weight is 255 g/mol. The number of fused-ring (bicyclic) bond motifs is 3. The smallest absolute Gasteiger partial charge is 0.259 e. The first-order valence-corrected chi connectivity index (χ1v) is 6.74. The number of hydrogen-bond acceptors (Lipinski definition) is 3. The SMILES string of the molecule is O=c1[nH]c(CCl)nc2sc3c(c12)CCCC3. The number of rotatable bonds is 1. The van der Waals surface area contributed by atoms with Crippen LogP contribution in [0.4, 0.5) is 0 Å². The minimum Gasteiger partial charge on any atom is -0.309 e. The first-order valence-electron chi connectivity index (χ1n) is 5.39. The summed E-state index contributed by atoms with van der Waals surface area (Å²) in [4.78, 5) is 21.3. The van der Waals surface area contributed by atoms with Gasteiger partial charge in [-0.1, -0.05) is 0 Å². The van der Waals surface area contributed by atoms with E-state index in [2.05, 4.69) is 9.97 Å². The van der Waals surface area contributed by atoms with Crippen molar-refractivity contribution in [1.82, 2.24) is 9.97 Å². The van der Waals surface area contributed by atoms with Gasteiger partial charge < -0.3 is 4.98 Å². The summed E-state index contributed by atoms with van der Waals surface area (Å²) in [6.45, 7) is 0.